The Morgan fingerprint density at radius 3 is 3.06 bits per heavy atom. The molecule has 0 amide bonds. The Kier molecular flexibility index (Phi) is 1.91. The third-order valence-electron chi connectivity index (χ3n) is 2.46. The molecule has 0 spiro atoms. The van der Waals surface area contributed by atoms with Crippen molar-refractivity contribution >= 4 is 17.0 Å². The van der Waals surface area contributed by atoms with Crippen LogP contribution in [0.3, 0.4) is 0 Å². The standard InChI is InChI=1S/C10H7N5O2/c16-10(17)8-6(3-14-15-8)7-5-1-2-11-9(5)13-4-12-7/h1-4H,(H,14,15)(H,16,17)(H,11,12,13). The number of hydrogen-bond acceptors (Lipinski definition) is 4. The number of carboxylic acid groups (broad SMARTS) is 1. The summed E-state index contributed by atoms with van der Waals surface area (Å²) in [6.45, 7) is 0. The maximum absolute atomic E-state index is 11.0. The summed E-state index contributed by atoms with van der Waals surface area (Å²) in [6, 6.07) is 1.79. The lowest BCUT2D eigenvalue weighted by atomic mass is 10.1. The van der Waals surface area contributed by atoms with Crippen molar-refractivity contribution in [2.24, 2.45) is 0 Å². The molecular formula is C10H7N5O2. The highest BCUT2D eigenvalue weighted by atomic mass is 16.4. The highest BCUT2D eigenvalue weighted by molar-refractivity contribution is 5.99. The number of carbonyl (C=O) groups is 1. The summed E-state index contributed by atoms with van der Waals surface area (Å²) >= 11 is 0. The zero-order chi connectivity index (χ0) is 11.8. The van der Waals surface area contributed by atoms with Gasteiger partial charge in [-0.3, -0.25) is 5.10 Å². The van der Waals surface area contributed by atoms with E-state index in [9.17, 15) is 4.79 Å². The lowest BCUT2D eigenvalue weighted by molar-refractivity contribution is 0.0691. The summed E-state index contributed by atoms with van der Waals surface area (Å²) in [4.78, 5) is 22.1. The average Bonchev–Trinajstić information content (AvgIpc) is 2.97. The number of hydrogen-bond donors (Lipinski definition) is 3. The molecule has 0 saturated heterocycles. The van der Waals surface area contributed by atoms with Gasteiger partial charge in [0.25, 0.3) is 0 Å². The van der Waals surface area contributed by atoms with Crippen LogP contribution < -0.4 is 0 Å². The fourth-order valence-electron chi connectivity index (χ4n) is 1.72. The van der Waals surface area contributed by atoms with Crippen LogP contribution >= 0.6 is 0 Å². The third-order valence-corrected chi connectivity index (χ3v) is 2.46. The number of fused-ring (bicyclic) bond motifs is 1. The predicted molar refractivity (Wildman–Crippen MR) is 58.4 cm³/mol. The van der Waals surface area contributed by atoms with E-state index in [1.807, 2.05) is 0 Å². The van der Waals surface area contributed by atoms with E-state index in [0.29, 0.717) is 16.9 Å². The Hall–Kier alpha value is -2.70. The quantitative estimate of drug-likeness (QED) is 0.608. The molecule has 3 N–H and O–H groups in total. The first-order chi connectivity index (χ1) is 8.27. The van der Waals surface area contributed by atoms with Gasteiger partial charge in [0, 0.05) is 11.6 Å². The maximum atomic E-state index is 11.0. The van der Waals surface area contributed by atoms with E-state index in [0.717, 1.165) is 5.39 Å². The number of aromatic carboxylic acids is 1. The minimum absolute atomic E-state index is 0.0196. The smallest absolute Gasteiger partial charge is 0.354 e. The van der Waals surface area contributed by atoms with Crippen molar-refractivity contribution in [3.8, 4) is 11.3 Å². The van der Waals surface area contributed by atoms with Gasteiger partial charge in [0.05, 0.1) is 17.5 Å². The molecule has 0 fully saturated rings. The fraction of sp³-hybridized carbons (Fsp3) is 0. The molecule has 0 unspecified atom stereocenters. The molecule has 0 aromatic carbocycles. The molecule has 84 valence electrons. The van der Waals surface area contributed by atoms with Crippen LogP contribution in [0.2, 0.25) is 0 Å². The van der Waals surface area contributed by atoms with Crippen molar-refractivity contribution in [3.05, 3.63) is 30.5 Å². The minimum Gasteiger partial charge on any atom is -0.477 e. The first kappa shape index (κ1) is 9.52. The van der Waals surface area contributed by atoms with Crippen molar-refractivity contribution in [1.82, 2.24) is 25.1 Å². The topological polar surface area (TPSA) is 108 Å². The van der Waals surface area contributed by atoms with Crippen LogP contribution in [0.4, 0.5) is 0 Å². The fourth-order valence-corrected chi connectivity index (χ4v) is 1.72. The minimum atomic E-state index is -1.07. The monoisotopic (exact) mass is 229 g/mol. The molecule has 3 aromatic heterocycles. The second-order valence-electron chi connectivity index (χ2n) is 3.43. The van der Waals surface area contributed by atoms with E-state index in [1.165, 1.54) is 12.5 Å². The predicted octanol–water partition coefficient (Wildman–Crippen LogP) is 1.05. The van der Waals surface area contributed by atoms with E-state index in [4.69, 9.17) is 5.11 Å². The lowest BCUT2D eigenvalue weighted by Gasteiger charge is -1.99. The van der Waals surface area contributed by atoms with Gasteiger partial charge in [0.1, 0.15) is 12.0 Å². The maximum Gasteiger partial charge on any atom is 0.354 e. The summed E-state index contributed by atoms with van der Waals surface area (Å²) in [5.74, 6) is -1.07. The lowest BCUT2D eigenvalue weighted by Crippen LogP contribution is -2.00. The van der Waals surface area contributed by atoms with Crippen LogP contribution in [-0.2, 0) is 0 Å². The second kappa shape index (κ2) is 3.41. The molecule has 0 aliphatic rings. The van der Waals surface area contributed by atoms with Gasteiger partial charge in [-0.25, -0.2) is 14.8 Å². The molecule has 0 bridgehead atoms. The summed E-state index contributed by atoms with van der Waals surface area (Å²) in [7, 11) is 0. The van der Waals surface area contributed by atoms with Crippen molar-refractivity contribution in [1.29, 1.82) is 0 Å². The Morgan fingerprint density at radius 2 is 2.24 bits per heavy atom. The van der Waals surface area contributed by atoms with Gasteiger partial charge in [0.2, 0.25) is 0 Å². The van der Waals surface area contributed by atoms with Gasteiger partial charge >= 0.3 is 5.97 Å². The molecule has 3 rings (SSSR count). The van der Waals surface area contributed by atoms with Crippen LogP contribution in [0.25, 0.3) is 22.3 Å². The molecule has 0 atom stereocenters. The van der Waals surface area contributed by atoms with Crippen LogP contribution in [0.15, 0.2) is 24.8 Å². The van der Waals surface area contributed by atoms with E-state index in [-0.39, 0.29) is 5.69 Å². The zero-order valence-electron chi connectivity index (χ0n) is 8.51. The highest BCUT2D eigenvalue weighted by Crippen LogP contribution is 2.26. The number of aromatic amines is 2. The van der Waals surface area contributed by atoms with Gasteiger partial charge in [0.15, 0.2) is 5.69 Å². The van der Waals surface area contributed by atoms with Crippen LogP contribution in [0.5, 0.6) is 0 Å². The molecule has 0 radical (unpaired) electrons. The summed E-state index contributed by atoms with van der Waals surface area (Å²) in [6.07, 6.45) is 4.55. The molecule has 7 heteroatoms. The van der Waals surface area contributed by atoms with E-state index in [2.05, 4.69) is 25.1 Å². The van der Waals surface area contributed by atoms with Crippen LogP contribution in [0.1, 0.15) is 10.5 Å². The SMILES string of the molecule is O=C(O)c1[nH]ncc1-c1ncnc2[nH]ccc12. The molecule has 3 aromatic rings. The number of H-pyrrole nitrogens is 2. The molecule has 0 aliphatic heterocycles. The second-order valence-corrected chi connectivity index (χ2v) is 3.43. The van der Waals surface area contributed by atoms with Gasteiger partial charge in [-0.05, 0) is 6.07 Å². The van der Waals surface area contributed by atoms with Gasteiger partial charge < -0.3 is 10.1 Å². The largest absolute Gasteiger partial charge is 0.477 e. The van der Waals surface area contributed by atoms with Gasteiger partial charge in [-0.1, -0.05) is 0 Å². The zero-order valence-corrected chi connectivity index (χ0v) is 8.51. The Bertz CT molecular complexity index is 699. The van der Waals surface area contributed by atoms with Gasteiger partial charge in [-0.2, -0.15) is 5.10 Å². The van der Waals surface area contributed by atoms with Crippen LogP contribution in [-0.4, -0.2) is 36.2 Å². The number of rotatable bonds is 2. The summed E-state index contributed by atoms with van der Waals surface area (Å²) in [5, 5.41) is 16.0. The Balaban J connectivity index is 2.30. The average molecular weight is 229 g/mol. The number of carboxylic acids is 1. The van der Waals surface area contributed by atoms with Crippen molar-refractivity contribution in [2.45, 2.75) is 0 Å². The molecule has 0 saturated carbocycles. The highest BCUT2D eigenvalue weighted by Gasteiger charge is 2.17. The van der Waals surface area contributed by atoms with E-state index >= 15 is 0 Å². The molecule has 3 heterocycles. The third kappa shape index (κ3) is 1.36. The summed E-state index contributed by atoms with van der Waals surface area (Å²) < 4.78 is 0. The Labute approximate surface area is 94.5 Å². The molecule has 0 aliphatic carbocycles. The van der Waals surface area contributed by atoms with Gasteiger partial charge in [-0.15, -0.1) is 0 Å². The number of nitrogens with zero attached hydrogens (tertiary/aromatic N) is 3. The van der Waals surface area contributed by atoms with E-state index < -0.39 is 5.97 Å². The molecule has 17 heavy (non-hydrogen) atoms. The van der Waals surface area contributed by atoms with Crippen LogP contribution in [0, 0.1) is 0 Å². The molecule has 7 nitrogen and oxygen atoms in total. The normalized spacial score (nSPS) is 10.8. The summed E-state index contributed by atoms with van der Waals surface area (Å²) in [5.41, 5.74) is 1.67. The van der Waals surface area contributed by atoms with E-state index in [1.54, 1.807) is 12.3 Å². The number of aromatic nitrogens is 5. The molecular weight excluding hydrogens is 222 g/mol. The first-order valence-corrected chi connectivity index (χ1v) is 4.82. The first-order valence-electron chi connectivity index (χ1n) is 4.82. The Morgan fingerprint density at radius 1 is 1.35 bits per heavy atom. The van der Waals surface area contributed by atoms with Crippen molar-refractivity contribution < 1.29 is 9.90 Å². The van der Waals surface area contributed by atoms with Crippen molar-refractivity contribution in [2.75, 3.05) is 0 Å². The number of nitrogens with one attached hydrogen (secondary N) is 2. The van der Waals surface area contributed by atoms with Crippen molar-refractivity contribution in [3.63, 3.8) is 0 Å².